The number of carbonyl (C=O) groups is 2. The van der Waals surface area contributed by atoms with Crippen molar-refractivity contribution in [1.82, 2.24) is 14.5 Å². The predicted octanol–water partition coefficient (Wildman–Crippen LogP) is 3.04. The molecule has 0 radical (unpaired) electrons. The van der Waals surface area contributed by atoms with Gasteiger partial charge in [-0.15, -0.1) is 0 Å². The smallest absolute Gasteiger partial charge is 0.490 e. The molecule has 9 nitrogen and oxygen atoms in total. The minimum Gasteiger partial charge on any atom is -0.495 e. The van der Waals surface area contributed by atoms with Crippen LogP contribution in [0, 0.1) is 0 Å². The van der Waals surface area contributed by atoms with Crippen molar-refractivity contribution >= 4 is 33.5 Å². The van der Waals surface area contributed by atoms with Crippen LogP contribution in [0.3, 0.4) is 0 Å². The van der Waals surface area contributed by atoms with Crippen molar-refractivity contribution in [1.29, 1.82) is 0 Å². The van der Waals surface area contributed by atoms with Gasteiger partial charge in [-0.05, 0) is 30.2 Å². The van der Waals surface area contributed by atoms with Crippen LogP contribution >= 0.6 is 11.6 Å². The van der Waals surface area contributed by atoms with Crippen molar-refractivity contribution in [3.63, 3.8) is 0 Å². The van der Waals surface area contributed by atoms with Gasteiger partial charge in [0.25, 0.3) is 0 Å². The van der Waals surface area contributed by atoms with Crippen molar-refractivity contribution in [3.8, 4) is 5.75 Å². The molecule has 0 aromatic heterocycles. The fourth-order valence-electron chi connectivity index (χ4n) is 3.53. The lowest BCUT2D eigenvalue weighted by Crippen LogP contribution is -2.47. The van der Waals surface area contributed by atoms with Crippen LogP contribution in [0.15, 0.2) is 53.4 Å². The SMILES string of the molecule is COc1ccc(Cl)cc1S(=O)(=O)N(CCC(=O)N1CCNCC1)CCc1ccccc1.O=C(O)C(F)(F)F. The van der Waals surface area contributed by atoms with E-state index in [1.807, 2.05) is 30.3 Å². The van der Waals surface area contributed by atoms with E-state index in [0.29, 0.717) is 24.5 Å². The number of hydrogen-bond acceptors (Lipinski definition) is 6. The van der Waals surface area contributed by atoms with E-state index in [1.165, 1.54) is 23.5 Å². The van der Waals surface area contributed by atoms with Crippen LogP contribution in [0.4, 0.5) is 13.2 Å². The van der Waals surface area contributed by atoms with Crippen LogP contribution in [-0.2, 0) is 26.0 Å². The number of nitrogens with one attached hydrogen (secondary N) is 1. The summed E-state index contributed by atoms with van der Waals surface area (Å²) in [7, 11) is -2.50. The molecule has 2 N–H and O–H groups in total. The molecule has 2 aromatic carbocycles. The van der Waals surface area contributed by atoms with E-state index in [-0.39, 0.29) is 36.1 Å². The Bertz CT molecular complexity index is 1180. The zero-order chi connectivity index (χ0) is 28.3. The van der Waals surface area contributed by atoms with Gasteiger partial charge in [0.1, 0.15) is 10.6 Å². The number of aliphatic carboxylic acids is 1. The number of hydrogen-bond donors (Lipinski definition) is 2. The molecule has 14 heteroatoms. The highest BCUT2D eigenvalue weighted by Gasteiger charge is 2.38. The summed E-state index contributed by atoms with van der Waals surface area (Å²) < 4.78 is 65.4. The predicted molar refractivity (Wildman–Crippen MR) is 135 cm³/mol. The molecule has 0 saturated carbocycles. The molecule has 0 aliphatic carbocycles. The lowest BCUT2D eigenvalue weighted by Gasteiger charge is -2.29. The lowest BCUT2D eigenvalue weighted by atomic mass is 10.1. The molecule has 1 fully saturated rings. The van der Waals surface area contributed by atoms with Crippen molar-refractivity contribution in [2.75, 3.05) is 46.4 Å². The topological polar surface area (TPSA) is 116 Å². The van der Waals surface area contributed by atoms with Crippen LogP contribution in [0.1, 0.15) is 12.0 Å². The van der Waals surface area contributed by atoms with Crippen LogP contribution in [0.25, 0.3) is 0 Å². The van der Waals surface area contributed by atoms with Crippen molar-refractivity contribution in [2.45, 2.75) is 23.9 Å². The Morgan fingerprint density at radius 3 is 2.26 bits per heavy atom. The molecular weight excluding hydrogens is 551 g/mol. The Balaban J connectivity index is 0.000000638. The fraction of sp³-hybridized carbons (Fsp3) is 0.417. The highest BCUT2D eigenvalue weighted by molar-refractivity contribution is 7.89. The molecule has 0 spiro atoms. The molecule has 0 unspecified atom stereocenters. The minimum absolute atomic E-state index is 0.00480. The summed E-state index contributed by atoms with van der Waals surface area (Å²) in [6.45, 7) is 3.11. The molecule has 2 aromatic rings. The highest BCUT2D eigenvalue weighted by atomic mass is 35.5. The first-order valence-corrected chi connectivity index (χ1v) is 13.3. The standard InChI is InChI=1S/C22H28ClN3O4S.C2HF3O2/c1-30-20-8-7-19(23)17-21(20)31(28,29)26(13-9-18-5-3-2-4-6-18)14-10-22(27)25-15-11-24-12-16-25;3-2(4,5)1(6)7/h2-8,17,24H,9-16H2,1H3;(H,6,7). The number of ether oxygens (including phenoxy) is 1. The molecule has 0 atom stereocenters. The number of methoxy groups -OCH3 is 1. The number of sulfonamides is 1. The summed E-state index contributed by atoms with van der Waals surface area (Å²) in [6, 6.07) is 14.2. The largest absolute Gasteiger partial charge is 0.495 e. The van der Waals surface area contributed by atoms with Crippen LogP contribution in [0.2, 0.25) is 5.02 Å². The third-order valence-electron chi connectivity index (χ3n) is 5.52. The Hall–Kier alpha value is -2.87. The number of alkyl halides is 3. The van der Waals surface area contributed by atoms with E-state index in [1.54, 1.807) is 11.0 Å². The second-order valence-electron chi connectivity index (χ2n) is 8.12. The summed E-state index contributed by atoms with van der Waals surface area (Å²) in [5.41, 5.74) is 1.02. The number of halogens is 4. The van der Waals surface area contributed by atoms with Gasteiger partial charge in [-0.25, -0.2) is 13.2 Å². The first kappa shape index (κ1) is 31.3. The first-order chi connectivity index (χ1) is 17.9. The Morgan fingerprint density at radius 1 is 1.11 bits per heavy atom. The first-order valence-electron chi connectivity index (χ1n) is 11.5. The van der Waals surface area contributed by atoms with E-state index in [2.05, 4.69) is 5.32 Å². The number of nitrogens with zero attached hydrogens (tertiary/aromatic N) is 2. The zero-order valence-corrected chi connectivity index (χ0v) is 22.2. The van der Waals surface area contributed by atoms with Gasteiger partial charge in [0, 0.05) is 50.7 Å². The summed E-state index contributed by atoms with van der Waals surface area (Å²) in [5.74, 6) is -2.57. The molecule has 1 amide bonds. The molecule has 1 heterocycles. The Kier molecular flexibility index (Phi) is 11.8. The summed E-state index contributed by atoms with van der Waals surface area (Å²) >= 11 is 6.08. The molecule has 1 aliphatic heterocycles. The maximum Gasteiger partial charge on any atom is 0.490 e. The van der Waals surface area contributed by atoms with E-state index >= 15 is 0 Å². The van der Waals surface area contributed by atoms with Gasteiger partial charge < -0.3 is 20.1 Å². The van der Waals surface area contributed by atoms with E-state index in [4.69, 9.17) is 26.2 Å². The lowest BCUT2D eigenvalue weighted by molar-refractivity contribution is -0.192. The Labute approximate surface area is 224 Å². The van der Waals surface area contributed by atoms with Gasteiger partial charge in [-0.3, -0.25) is 4.79 Å². The summed E-state index contributed by atoms with van der Waals surface area (Å²) in [6.07, 6.45) is -4.43. The molecule has 1 aliphatic rings. The maximum atomic E-state index is 13.5. The monoisotopic (exact) mass is 579 g/mol. The number of carboxylic acids is 1. The average molecular weight is 580 g/mol. The number of carbonyl (C=O) groups excluding carboxylic acids is 1. The number of piperazine rings is 1. The number of rotatable bonds is 9. The normalized spacial score (nSPS) is 14.0. The molecule has 38 heavy (non-hydrogen) atoms. The van der Waals surface area contributed by atoms with Gasteiger partial charge in [0.05, 0.1) is 7.11 Å². The van der Waals surface area contributed by atoms with Gasteiger partial charge >= 0.3 is 12.1 Å². The zero-order valence-electron chi connectivity index (χ0n) is 20.6. The van der Waals surface area contributed by atoms with Crippen molar-refractivity contribution in [2.24, 2.45) is 0 Å². The second kappa shape index (κ2) is 14.3. The quantitative estimate of drug-likeness (QED) is 0.469. The number of benzene rings is 2. The third kappa shape index (κ3) is 9.46. The van der Waals surface area contributed by atoms with E-state index in [0.717, 1.165) is 18.7 Å². The third-order valence-corrected chi connectivity index (χ3v) is 7.68. The van der Waals surface area contributed by atoms with Gasteiger partial charge in [-0.2, -0.15) is 17.5 Å². The second-order valence-corrected chi connectivity index (χ2v) is 10.5. The Morgan fingerprint density at radius 2 is 1.71 bits per heavy atom. The minimum atomic E-state index is -5.08. The van der Waals surface area contributed by atoms with E-state index in [9.17, 15) is 26.4 Å². The van der Waals surface area contributed by atoms with Crippen molar-refractivity contribution in [3.05, 3.63) is 59.1 Å². The van der Waals surface area contributed by atoms with Crippen LogP contribution in [0.5, 0.6) is 5.75 Å². The molecular formula is C24H29ClF3N3O6S. The molecule has 0 bridgehead atoms. The van der Waals surface area contributed by atoms with Gasteiger partial charge in [0.2, 0.25) is 15.9 Å². The maximum absolute atomic E-state index is 13.5. The van der Waals surface area contributed by atoms with Crippen LogP contribution in [-0.4, -0.2) is 87.2 Å². The molecule has 1 saturated heterocycles. The molecule has 210 valence electrons. The average Bonchev–Trinajstić information content (AvgIpc) is 2.89. The van der Waals surface area contributed by atoms with Crippen LogP contribution < -0.4 is 10.1 Å². The van der Waals surface area contributed by atoms with Gasteiger partial charge in [-0.1, -0.05) is 41.9 Å². The van der Waals surface area contributed by atoms with Gasteiger partial charge in [0.15, 0.2) is 0 Å². The van der Waals surface area contributed by atoms with Crippen molar-refractivity contribution < 1.29 is 41.0 Å². The summed E-state index contributed by atoms with van der Waals surface area (Å²) in [5, 5.41) is 10.6. The number of amides is 1. The highest BCUT2D eigenvalue weighted by Crippen LogP contribution is 2.30. The van der Waals surface area contributed by atoms with E-state index < -0.39 is 22.2 Å². The molecule has 3 rings (SSSR count). The fourth-order valence-corrected chi connectivity index (χ4v) is 5.39. The summed E-state index contributed by atoms with van der Waals surface area (Å²) in [4.78, 5) is 23.3. The number of carboxylic acid groups (broad SMARTS) is 1.